The molecule has 9 heteroatoms. The molecular formula is C15H9BrClF3N2OS. The molecule has 0 unspecified atom stereocenters. The van der Waals surface area contributed by atoms with Crippen LogP contribution in [-0.4, -0.2) is 11.0 Å². The lowest BCUT2D eigenvalue weighted by molar-refractivity contribution is -0.137. The highest BCUT2D eigenvalue weighted by atomic mass is 79.9. The van der Waals surface area contributed by atoms with Crippen molar-refractivity contribution in [3.8, 4) is 0 Å². The quantitative estimate of drug-likeness (QED) is 0.631. The summed E-state index contributed by atoms with van der Waals surface area (Å²) in [6.45, 7) is 0. The molecule has 0 aliphatic rings. The second-order valence-corrected chi connectivity index (χ2v) is 6.34. The van der Waals surface area contributed by atoms with Crippen molar-refractivity contribution in [3.05, 3.63) is 63.1 Å². The zero-order chi connectivity index (χ0) is 17.9. The van der Waals surface area contributed by atoms with Crippen molar-refractivity contribution in [2.24, 2.45) is 0 Å². The highest BCUT2D eigenvalue weighted by Gasteiger charge is 2.30. The normalized spacial score (nSPS) is 11.0. The summed E-state index contributed by atoms with van der Waals surface area (Å²) < 4.78 is 38.7. The van der Waals surface area contributed by atoms with Crippen LogP contribution in [-0.2, 0) is 6.18 Å². The van der Waals surface area contributed by atoms with Crippen LogP contribution < -0.4 is 10.6 Å². The Morgan fingerprint density at radius 1 is 1.17 bits per heavy atom. The molecular weight excluding hydrogens is 429 g/mol. The summed E-state index contributed by atoms with van der Waals surface area (Å²) in [5.41, 5.74) is -0.536. The largest absolute Gasteiger partial charge is 0.416 e. The number of nitrogens with one attached hydrogen (secondary N) is 2. The van der Waals surface area contributed by atoms with E-state index in [0.29, 0.717) is 4.47 Å². The summed E-state index contributed by atoms with van der Waals surface area (Å²) in [4.78, 5) is 12.1. The number of anilines is 1. The fourth-order valence-corrected chi connectivity index (χ4v) is 2.55. The minimum absolute atomic E-state index is 0.107. The first kappa shape index (κ1) is 18.7. The van der Waals surface area contributed by atoms with E-state index in [1.807, 2.05) is 0 Å². The van der Waals surface area contributed by atoms with E-state index in [2.05, 4.69) is 26.6 Å². The summed E-state index contributed by atoms with van der Waals surface area (Å²) in [5.74, 6) is -0.578. The monoisotopic (exact) mass is 436 g/mol. The summed E-state index contributed by atoms with van der Waals surface area (Å²) in [7, 11) is 0. The Hall–Kier alpha value is -1.64. The molecule has 0 spiro atoms. The Morgan fingerprint density at radius 3 is 2.54 bits per heavy atom. The third-order valence-corrected chi connectivity index (χ3v) is 3.87. The summed E-state index contributed by atoms with van der Waals surface area (Å²) >= 11 is 14.1. The van der Waals surface area contributed by atoms with Crippen LogP contribution in [0.5, 0.6) is 0 Å². The molecule has 0 atom stereocenters. The second kappa shape index (κ2) is 7.50. The first-order valence-corrected chi connectivity index (χ1v) is 7.99. The van der Waals surface area contributed by atoms with E-state index in [0.717, 1.165) is 12.1 Å². The van der Waals surface area contributed by atoms with Crippen molar-refractivity contribution in [1.29, 1.82) is 0 Å². The van der Waals surface area contributed by atoms with Crippen molar-refractivity contribution >= 4 is 56.5 Å². The van der Waals surface area contributed by atoms with Gasteiger partial charge in [0.15, 0.2) is 5.11 Å². The van der Waals surface area contributed by atoms with E-state index >= 15 is 0 Å². The number of alkyl halides is 3. The van der Waals surface area contributed by atoms with Crippen molar-refractivity contribution in [3.63, 3.8) is 0 Å². The fourth-order valence-electron chi connectivity index (χ4n) is 1.78. The minimum Gasteiger partial charge on any atom is -0.332 e. The van der Waals surface area contributed by atoms with E-state index in [4.69, 9.17) is 23.8 Å². The van der Waals surface area contributed by atoms with Crippen LogP contribution in [0.4, 0.5) is 18.9 Å². The van der Waals surface area contributed by atoms with Gasteiger partial charge in [0.2, 0.25) is 0 Å². The van der Waals surface area contributed by atoms with E-state index in [-0.39, 0.29) is 21.4 Å². The van der Waals surface area contributed by atoms with Gasteiger partial charge in [-0.25, -0.2) is 0 Å². The van der Waals surface area contributed by atoms with Crippen LogP contribution in [0.1, 0.15) is 15.9 Å². The SMILES string of the molecule is O=C(NC(=S)Nc1cccc(C(F)(F)F)c1)c1cc(Br)ccc1Cl. The molecule has 3 nitrogen and oxygen atoms in total. The Bertz CT molecular complexity index is 799. The number of benzene rings is 2. The average molecular weight is 438 g/mol. The number of hydrogen-bond donors (Lipinski definition) is 2. The molecule has 2 aromatic carbocycles. The number of amides is 1. The van der Waals surface area contributed by atoms with Crippen LogP contribution in [0.25, 0.3) is 0 Å². The molecule has 0 heterocycles. The van der Waals surface area contributed by atoms with Crippen molar-refractivity contribution < 1.29 is 18.0 Å². The van der Waals surface area contributed by atoms with Gasteiger partial charge in [-0.05, 0) is 48.6 Å². The smallest absolute Gasteiger partial charge is 0.332 e. The van der Waals surface area contributed by atoms with E-state index in [1.165, 1.54) is 24.3 Å². The van der Waals surface area contributed by atoms with Crippen LogP contribution >= 0.6 is 39.7 Å². The van der Waals surface area contributed by atoms with Crippen molar-refractivity contribution in [1.82, 2.24) is 5.32 Å². The van der Waals surface area contributed by atoms with Crippen LogP contribution in [0.2, 0.25) is 5.02 Å². The molecule has 126 valence electrons. The van der Waals surface area contributed by atoms with E-state index < -0.39 is 17.6 Å². The van der Waals surface area contributed by atoms with Gasteiger partial charge in [-0.15, -0.1) is 0 Å². The Kier molecular flexibility index (Phi) is 5.84. The Balaban J connectivity index is 2.08. The number of hydrogen-bond acceptors (Lipinski definition) is 2. The predicted octanol–water partition coefficient (Wildman–Crippen LogP) is 5.25. The lowest BCUT2D eigenvalue weighted by Crippen LogP contribution is -2.34. The van der Waals surface area contributed by atoms with Gasteiger partial charge in [0.1, 0.15) is 0 Å². The first-order chi connectivity index (χ1) is 11.2. The number of carbonyl (C=O) groups excluding carboxylic acids is 1. The molecule has 0 saturated carbocycles. The molecule has 0 saturated heterocycles. The summed E-state index contributed by atoms with van der Waals surface area (Å²) in [5, 5.41) is 4.98. The third kappa shape index (κ3) is 4.93. The molecule has 2 aromatic rings. The molecule has 0 fully saturated rings. The summed E-state index contributed by atoms with van der Waals surface area (Å²) in [6.07, 6.45) is -4.47. The number of halogens is 5. The van der Waals surface area contributed by atoms with Gasteiger partial charge >= 0.3 is 6.18 Å². The maximum absolute atomic E-state index is 12.7. The standard InChI is InChI=1S/C15H9BrClF3N2OS/c16-9-4-5-12(17)11(7-9)13(23)22-14(24)21-10-3-1-2-8(6-10)15(18,19)20/h1-7H,(H2,21,22,23,24). The first-order valence-electron chi connectivity index (χ1n) is 6.41. The van der Waals surface area contributed by atoms with E-state index in [9.17, 15) is 18.0 Å². The van der Waals surface area contributed by atoms with Gasteiger partial charge in [0, 0.05) is 10.2 Å². The predicted molar refractivity (Wildman–Crippen MR) is 94.3 cm³/mol. The van der Waals surface area contributed by atoms with Crippen LogP contribution in [0.15, 0.2) is 46.9 Å². The molecule has 1 amide bonds. The number of rotatable bonds is 2. The molecule has 24 heavy (non-hydrogen) atoms. The molecule has 2 rings (SSSR count). The lowest BCUT2D eigenvalue weighted by Gasteiger charge is -2.12. The highest BCUT2D eigenvalue weighted by molar-refractivity contribution is 9.10. The zero-order valence-electron chi connectivity index (χ0n) is 11.7. The van der Waals surface area contributed by atoms with Crippen LogP contribution in [0, 0.1) is 0 Å². The molecule has 2 N–H and O–H groups in total. The fraction of sp³-hybridized carbons (Fsp3) is 0.0667. The molecule has 0 bridgehead atoms. The molecule has 0 aliphatic carbocycles. The van der Waals surface area contributed by atoms with Gasteiger partial charge in [0.25, 0.3) is 5.91 Å². The Morgan fingerprint density at radius 2 is 1.88 bits per heavy atom. The summed E-state index contributed by atoms with van der Waals surface area (Å²) in [6, 6.07) is 9.17. The second-order valence-electron chi connectivity index (χ2n) is 4.61. The molecule has 0 aliphatic heterocycles. The minimum atomic E-state index is -4.47. The Labute approximate surface area is 154 Å². The van der Waals surface area contributed by atoms with Gasteiger partial charge < -0.3 is 5.32 Å². The zero-order valence-corrected chi connectivity index (χ0v) is 14.9. The molecule has 0 radical (unpaired) electrons. The topological polar surface area (TPSA) is 41.1 Å². The number of thiocarbonyl (C=S) groups is 1. The van der Waals surface area contributed by atoms with Crippen molar-refractivity contribution in [2.75, 3.05) is 5.32 Å². The van der Waals surface area contributed by atoms with Gasteiger partial charge in [-0.2, -0.15) is 13.2 Å². The van der Waals surface area contributed by atoms with Gasteiger partial charge in [-0.3, -0.25) is 10.1 Å². The van der Waals surface area contributed by atoms with Crippen LogP contribution in [0.3, 0.4) is 0 Å². The van der Waals surface area contributed by atoms with Gasteiger partial charge in [-0.1, -0.05) is 33.6 Å². The maximum Gasteiger partial charge on any atom is 0.416 e. The highest BCUT2D eigenvalue weighted by Crippen LogP contribution is 2.30. The third-order valence-electron chi connectivity index (χ3n) is 2.85. The number of carbonyl (C=O) groups is 1. The van der Waals surface area contributed by atoms with E-state index in [1.54, 1.807) is 6.07 Å². The maximum atomic E-state index is 12.7. The lowest BCUT2D eigenvalue weighted by atomic mass is 10.2. The molecule has 0 aromatic heterocycles. The average Bonchev–Trinajstić information content (AvgIpc) is 2.49. The van der Waals surface area contributed by atoms with Crippen molar-refractivity contribution in [2.45, 2.75) is 6.18 Å². The van der Waals surface area contributed by atoms with Gasteiger partial charge in [0.05, 0.1) is 16.1 Å².